The molecule has 0 bridgehead atoms. The van der Waals surface area contributed by atoms with E-state index in [2.05, 4.69) is 4.72 Å². The van der Waals surface area contributed by atoms with Gasteiger partial charge >= 0.3 is 0 Å². The van der Waals surface area contributed by atoms with Crippen LogP contribution in [-0.4, -0.2) is 26.7 Å². The van der Waals surface area contributed by atoms with Crippen molar-refractivity contribution < 1.29 is 26.7 Å². The highest BCUT2D eigenvalue weighted by Crippen LogP contribution is 2.22. The first kappa shape index (κ1) is 16.9. The number of sulfonamides is 1. The van der Waals surface area contributed by atoms with E-state index >= 15 is 0 Å². The van der Waals surface area contributed by atoms with Crippen LogP contribution in [-0.2, 0) is 10.0 Å². The molecule has 0 aliphatic carbocycles. The molecule has 0 unspecified atom stereocenters. The molecular formula is C12H16F3NO3S. The van der Waals surface area contributed by atoms with Crippen LogP contribution in [0.3, 0.4) is 0 Å². The summed E-state index contributed by atoms with van der Waals surface area (Å²) in [4.78, 5) is -0.948. The minimum atomic E-state index is -4.30. The van der Waals surface area contributed by atoms with Crippen molar-refractivity contribution in [3.05, 3.63) is 29.6 Å². The van der Waals surface area contributed by atoms with E-state index in [1.807, 2.05) is 0 Å². The Labute approximate surface area is 115 Å². The van der Waals surface area contributed by atoms with Crippen LogP contribution in [0.5, 0.6) is 0 Å². The quantitative estimate of drug-likeness (QED) is 0.787. The first-order valence-corrected chi connectivity index (χ1v) is 7.32. The number of hydrogen-bond acceptors (Lipinski definition) is 3. The minimum absolute atomic E-state index is 0.0751. The molecule has 0 radical (unpaired) electrons. The second-order valence-corrected chi connectivity index (χ2v) is 6.89. The maximum Gasteiger partial charge on any atom is 0.243 e. The van der Waals surface area contributed by atoms with Gasteiger partial charge in [-0.2, -0.15) is 0 Å². The fourth-order valence-corrected chi connectivity index (χ4v) is 2.78. The van der Waals surface area contributed by atoms with Gasteiger partial charge in [0.05, 0.1) is 0 Å². The Kier molecular flexibility index (Phi) is 5.17. The Morgan fingerprint density at radius 3 is 2.25 bits per heavy atom. The molecule has 1 aromatic rings. The molecule has 20 heavy (non-hydrogen) atoms. The summed E-state index contributed by atoms with van der Waals surface area (Å²) >= 11 is 0. The summed E-state index contributed by atoms with van der Waals surface area (Å²) in [5.74, 6) is -4.26. The van der Waals surface area contributed by atoms with Crippen molar-refractivity contribution in [2.75, 3.05) is 13.2 Å². The fraction of sp³-hybridized carbons (Fsp3) is 0.500. The molecule has 0 heterocycles. The molecule has 0 atom stereocenters. The predicted octanol–water partition coefficient (Wildman–Crippen LogP) is 1.79. The van der Waals surface area contributed by atoms with E-state index in [9.17, 15) is 21.6 Å². The first-order chi connectivity index (χ1) is 9.09. The number of aliphatic hydroxyl groups excluding tert-OH is 1. The molecule has 0 saturated heterocycles. The molecule has 0 saturated carbocycles. The van der Waals surface area contributed by atoms with Gasteiger partial charge in [-0.15, -0.1) is 0 Å². The number of nitrogens with one attached hydrogen (secondary N) is 1. The van der Waals surface area contributed by atoms with Crippen LogP contribution in [0, 0.1) is 22.9 Å². The molecule has 0 aromatic heterocycles. The summed E-state index contributed by atoms with van der Waals surface area (Å²) < 4.78 is 65.1. The molecule has 0 aliphatic heterocycles. The number of hydrogen-bond donors (Lipinski definition) is 2. The molecule has 0 aliphatic rings. The van der Waals surface area contributed by atoms with Gasteiger partial charge in [0.1, 0.15) is 10.7 Å². The monoisotopic (exact) mass is 311 g/mol. The van der Waals surface area contributed by atoms with Crippen molar-refractivity contribution in [2.45, 2.75) is 25.2 Å². The summed E-state index contributed by atoms with van der Waals surface area (Å²) in [7, 11) is -4.30. The van der Waals surface area contributed by atoms with Crippen LogP contribution < -0.4 is 4.72 Å². The van der Waals surface area contributed by atoms with Gasteiger partial charge in [0, 0.05) is 19.2 Å². The van der Waals surface area contributed by atoms with Crippen LogP contribution >= 0.6 is 0 Å². The fourth-order valence-electron chi connectivity index (χ4n) is 1.47. The highest BCUT2D eigenvalue weighted by Gasteiger charge is 2.25. The maximum absolute atomic E-state index is 13.4. The molecule has 2 N–H and O–H groups in total. The smallest absolute Gasteiger partial charge is 0.243 e. The van der Waals surface area contributed by atoms with E-state index in [1.165, 1.54) is 0 Å². The molecule has 0 fully saturated rings. The molecule has 4 nitrogen and oxygen atoms in total. The summed E-state index contributed by atoms with van der Waals surface area (Å²) in [5, 5.41) is 8.83. The van der Waals surface area contributed by atoms with Crippen molar-refractivity contribution in [3.8, 4) is 0 Å². The van der Waals surface area contributed by atoms with Crippen molar-refractivity contribution in [3.63, 3.8) is 0 Å². The Balaban J connectivity index is 2.98. The van der Waals surface area contributed by atoms with E-state index in [4.69, 9.17) is 5.11 Å². The number of rotatable bonds is 6. The summed E-state index contributed by atoms with van der Waals surface area (Å²) in [6.45, 7) is 3.20. The number of aliphatic hydroxyl groups is 1. The predicted molar refractivity (Wildman–Crippen MR) is 67.0 cm³/mol. The van der Waals surface area contributed by atoms with E-state index in [0.29, 0.717) is 12.5 Å². The van der Waals surface area contributed by atoms with Gasteiger partial charge in [0.25, 0.3) is 0 Å². The third-order valence-electron chi connectivity index (χ3n) is 2.79. The van der Waals surface area contributed by atoms with Gasteiger partial charge in [-0.05, 0) is 17.9 Å². The molecule has 1 aromatic carbocycles. The Bertz CT molecular complexity index is 588. The number of halogens is 3. The topological polar surface area (TPSA) is 66.4 Å². The van der Waals surface area contributed by atoms with Crippen molar-refractivity contribution in [1.82, 2.24) is 4.72 Å². The van der Waals surface area contributed by atoms with Crippen molar-refractivity contribution in [1.29, 1.82) is 0 Å². The Hall–Kier alpha value is -1.12. The Morgan fingerprint density at radius 2 is 1.70 bits per heavy atom. The second-order valence-electron chi connectivity index (χ2n) is 5.16. The van der Waals surface area contributed by atoms with Crippen molar-refractivity contribution >= 4 is 10.0 Å². The maximum atomic E-state index is 13.4. The molecule has 0 spiro atoms. The van der Waals surface area contributed by atoms with Gasteiger partial charge in [-0.1, -0.05) is 13.8 Å². The van der Waals surface area contributed by atoms with Crippen LogP contribution in [0.25, 0.3) is 0 Å². The minimum Gasteiger partial charge on any atom is -0.396 e. The molecule has 114 valence electrons. The van der Waals surface area contributed by atoms with E-state index in [0.717, 1.165) is 0 Å². The van der Waals surface area contributed by atoms with Gasteiger partial charge in [0.2, 0.25) is 10.0 Å². The van der Waals surface area contributed by atoms with E-state index in [-0.39, 0.29) is 19.2 Å². The average Bonchev–Trinajstić information content (AvgIpc) is 2.31. The number of benzene rings is 1. The van der Waals surface area contributed by atoms with E-state index < -0.39 is 37.8 Å². The van der Waals surface area contributed by atoms with Gasteiger partial charge in [-0.3, -0.25) is 0 Å². The van der Waals surface area contributed by atoms with Gasteiger partial charge in [0.15, 0.2) is 11.6 Å². The van der Waals surface area contributed by atoms with Crippen LogP contribution in [0.15, 0.2) is 17.0 Å². The average molecular weight is 311 g/mol. The third-order valence-corrected chi connectivity index (χ3v) is 4.21. The Morgan fingerprint density at radius 1 is 1.15 bits per heavy atom. The van der Waals surface area contributed by atoms with Crippen LogP contribution in [0.2, 0.25) is 0 Å². The SMILES string of the molecule is CC(C)(CCO)CNS(=O)(=O)c1cc(F)c(F)cc1F. The lowest BCUT2D eigenvalue weighted by atomic mass is 9.90. The highest BCUT2D eigenvalue weighted by molar-refractivity contribution is 7.89. The van der Waals surface area contributed by atoms with E-state index in [1.54, 1.807) is 13.8 Å². The lowest BCUT2D eigenvalue weighted by Crippen LogP contribution is -2.35. The lowest BCUT2D eigenvalue weighted by molar-refractivity contribution is 0.213. The lowest BCUT2D eigenvalue weighted by Gasteiger charge is -2.23. The zero-order valence-corrected chi connectivity index (χ0v) is 11.9. The standard InChI is InChI=1S/C12H16F3NO3S/c1-12(2,3-4-17)7-16-20(18,19)11-6-9(14)8(13)5-10(11)15/h5-6,16-17H,3-4,7H2,1-2H3. The van der Waals surface area contributed by atoms with Crippen molar-refractivity contribution in [2.24, 2.45) is 5.41 Å². The summed E-state index contributed by atoms with van der Waals surface area (Å²) in [6.07, 6.45) is 0.329. The summed E-state index contributed by atoms with van der Waals surface area (Å²) in [6, 6.07) is 0.481. The molecular weight excluding hydrogens is 295 g/mol. The third kappa shape index (κ3) is 4.19. The zero-order chi connectivity index (χ0) is 15.6. The van der Waals surface area contributed by atoms with Gasteiger partial charge < -0.3 is 5.11 Å². The molecule has 8 heteroatoms. The second kappa shape index (κ2) is 6.11. The molecule has 1 rings (SSSR count). The largest absolute Gasteiger partial charge is 0.396 e. The van der Waals surface area contributed by atoms with Crippen LogP contribution in [0.4, 0.5) is 13.2 Å². The first-order valence-electron chi connectivity index (χ1n) is 5.84. The zero-order valence-electron chi connectivity index (χ0n) is 11.1. The molecule has 0 amide bonds. The normalized spacial score (nSPS) is 12.7. The highest BCUT2D eigenvalue weighted by atomic mass is 32.2. The summed E-state index contributed by atoms with van der Waals surface area (Å²) in [5.41, 5.74) is -0.559. The van der Waals surface area contributed by atoms with Crippen LogP contribution in [0.1, 0.15) is 20.3 Å². The van der Waals surface area contributed by atoms with Gasteiger partial charge in [-0.25, -0.2) is 26.3 Å².